The van der Waals surface area contributed by atoms with E-state index in [0.29, 0.717) is 21.4 Å². The van der Waals surface area contributed by atoms with Gasteiger partial charge in [0, 0.05) is 15.5 Å². The van der Waals surface area contributed by atoms with E-state index < -0.39 is 15.6 Å². The maximum Gasteiger partial charge on any atom is 0.241 e. The molecule has 0 radical (unpaired) electrons. The number of halogens is 2. The van der Waals surface area contributed by atoms with Crippen molar-refractivity contribution in [3.05, 3.63) is 27.1 Å². The van der Waals surface area contributed by atoms with Crippen LogP contribution in [0.1, 0.15) is 39.5 Å². The highest BCUT2D eigenvalue weighted by Crippen LogP contribution is 2.25. The van der Waals surface area contributed by atoms with E-state index in [2.05, 4.69) is 41.9 Å². The first kappa shape index (κ1) is 19.9. The molecule has 5 nitrogen and oxygen atoms in total. The summed E-state index contributed by atoms with van der Waals surface area (Å²) < 4.78 is 28.9. The first-order valence-electron chi connectivity index (χ1n) is 7.88. The molecule has 8 heteroatoms. The lowest BCUT2D eigenvalue weighted by Gasteiger charge is -2.26. The molecular weight excluding hydrogens is 460 g/mol. The summed E-state index contributed by atoms with van der Waals surface area (Å²) in [6.45, 7) is 3.75. The van der Waals surface area contributed by atoms with Crippen molar-refractivity contribution in [1.29, 1.82) is 0 Å². The fourth-order valence-corrected chi connectivity index (χ4v) is 5.84. The van der Waals surface area contributed by atoms with Gasteiger partial charge in [-0.3, -0.25) is 4.79 Å². The summed E-state index contributed by atoms with van der Waals surface area (Å²) in [4.78, 5) is 12.5. The number of carbonyl (C=O) groups is 1. The van der Waals surface area contributed by atoms with Crippen LogP contribution in [0, 0.1) is 5.92 Å². The molecule has 0 aromatic heterocycles. The van der Waals surface area contributed by atoms with Gasteiger partial charge in [-0.2, -0.15) is 4.72 Å². The van der Waals surface area contributed by atoms with E-state index in [9.17, 15) is 13.2 Å². The highest BCUT2D eigenvalue weighted by atomic mass is 79.9. The van der Waals surface area contributed by atoms with Gasteiger partial charge in [0.25, 0.3) is 0 Å². The van der Waals surface area contributed by atoms with Crippen LogP contribution in [0.4, 0.5) is 0 Å². The van der Waals surface area contributed by atoms with Gasteiger partial charge < -0.3 is 5.32 Å². The molecule has 134 valence electrons. The van der Waals surface area contributed by atoms with Gasteiger partial charge in [-0.05, 0) is 50.8 Å². The van der Waals surface area contributed by atoms with Crippen molar-refractivity contribution in [2.24, 2.45) is 5.92 Å². The first-order valence-corrected chi connectivity index (χ1v) is 11.0. The number of hydrogen-bond acceptors (Lipinski definition) is 3. The van der Waals surface area contributed by atoms with Gasteiger partial charge in [0.1, 0.15) is 5.54 Å². The maximum atomic E-state index is 12.6. The van der Waals surface area contributed by atoms with E-state index >= 15 is 0 Å². The molecule has 2 rings (SSSR count). The molecule has 1 aliphatic carbocycles. The zero-order chi connectivity index (χ0) is 18.0. The number of nitrogens with one attached hydrogen (secondary N) is 2. The summed E-state index contributed by atoms with van der Waals surface area (Å²) in [5.41, 5.74) is -1.23. The molecule has 0 heterocycles. The van der Waals surface area contributed by atoms with E-state index in [1.165, 1.54) is 25.0 Å². The summed E-state index contributed by atoms with van der Waals surface area (Å²) >= 11 is 6.55. The molecule has 2 N–H and O–H groups in total. The third kappa shape index (κ3) is 5.28. The Morgan fingerprint density at radius 3 is 2.25 bits per heavy atom. The Morgan fingerprint density at radius 2 is 1.71 bits per heavy atom. The predicted molar refractivity (Wildman–Crippen MR) is 101 cm³/mol. The summed E-state index contributed by atoms with van der Waals surface area (Å²) in [6, 6.07) is 4.75. The monoisotopic (exact) mass is 480 g/mol. The molecule has 0 spiro atoms. The minimum absolute atomic E-state index is 0.0976. The lowest BCUT2D eigenvalue weighted by atomic mass is 10.0. The van der Waals surface area contributed by atoms with E-state index in [4.69, 9.17) is 0 Å². The number of sulfonamides is 1. The molecule has 1 saturated carbocycles. The normalized spacial score (nSPS) is 16.3. The largest absolute Gasteiger partial charge is 0.354 e. The smallest absolute Gasteiger partial charge is 0.241 e. The van der Waals surface area contributed by atoms with Crippen LogP contribution in [0.15, 0.2) is 32.0 Å². The van der Waals surface area contributed by atoms with Crippen LogP contribution in [-0.4, -0.2) is 26.4 Å². The second kappa shape index (κ2) is 7.85. The summed E-state index contributed by atoms with van der Waals surface area (Å²) in [7, 11) is -3.82. The highest BCUT2D eigenvalue weighted by molar-refractivity contribution is 9.11. The Balaban J connectivity index is 2.06. The van der Waals surface area contributed by atoms with Crippen LogP contribution in [0.5, 0.6) is 0 Å². The van der Waals surface area contributed by atoms with E-state index in [1.54, 1.807) is 19.9 Å². The Morgan fingerprint density at radius 1 is 1.17 bits per heavy atom. The van der Waals surface area contributed by atoms with E-state index in [1.807, 2.05) is 0 Å². The molecule has 1 aromatic carbocycles. The third-order valence-corrected chi connectivity index (χ3v) is 6.68. The molecule has 0 atom stereocenters. The molecule has 0 aliphatic heterocycles. The summed E-state index contributed by atoms with van der Waals surface area (Å²) in [5, 5.41) is 2.88. The van der Waals surface area contributed by atoms with Crippen LogP contribution in [-0.2, 0) is 14.8 Å². The van der Waals surface area contributed by atoms with Crippen molar-refractivity contribution in [3.8, 4) is 0 Å². The zero-order valence-corrected chi connectivity index (χ0v) is 17.7. The van der Waals surface area contributed by atoms with Gasteiger partial charge in [0.2, 0.25) is 15.9 Å². The molecule has 1 amide bonds. The number of rotatable bonds is 6. The van der Waals surface area contributed by atoms with Gasteiger partial charge in [0.05, 0.1) is 4.90 Å². The molecular formula is C16H22Br2N2O3S. The van der Waals surface area contributed by atoms with Crippen molar-refractivity contribution in [2.45, 2.75) is 50.0 Å². The van der Waals surface area contributed by atoms with E-state index in [-0.39, 0.29) is 10.8 Å². The van der Waals surface area contributed by atoms with Crippen LogP contribution in [0.25, 0.3) is 0 Å². The minimum Gasteiger partial charge on any atom is -0.354 e. The molecule has 0 unspecified atom stereocenters. The quantitative estimate of drug-likeness (QED) is 0.652. The van der Waals surface area contributed by atoms with Crippen LogP contribution in [0.3, 0.4) is 0 Å². The molecule has 1 aliphatic rings. The topological polar surface area (TPSA) is 75.3 Å². The molecule has 1 fully saturated rings. The molecule has 0 bridgehead atoms. The molecule has 24 heavy (non-hydrogen) atoms. The molecule has 1 aromatic rings. The SMILES string of the molecule is CC(C)(NS(=O)(=O)c1cc(Br)cc(Br)c1)C(=O)NCC1CCCC1. The Hall–Kier alpha value is -0.440. The molecule has 0 saturated heterocycles. The second-order valence-corrected chi connectivity index (χ2v) is 10.2. The number of hydrogen-bond donors (Lipinski definition) is 2. The average Bonchev–Trinajstić information content (AvgIpc) is 2.95. The van der Waals surface area contributed by atoms with E-state index in [0.717, 1.165) is 12.8 Å². The van der Waals surface area contributed by atoms with Crippen LogP contribution < -0.4 is 10.0 Å². The van der Waals surface area contributed by atoms with Gasteiger partial charge in [0.15, 0.2) is 0 Å². The van der Waals surface area contributed by atoms with Crippen molar-refractivity contribution in [1.82, 2.24) is 10.0 Å². The Labute approximate surface area is 160 Å². The minimum atomic E-state index is -3.82. The van der Waals surface area contributed by atoms with Crippen molar-refractivity contribution in [2.75, 3.05) is 6.54 Å². The first-order chi connectivity index (χ1) is 11.1. The summed E-state index contributed by atoms with van der Waals surface area (Å²) in [5.74, 6) is 0.189. The predicted octanol–water partition coefficient (Wildman–Crippen LogP) is 3.57. The van der Waals surface area contributed by atoms with Crippen LogP contribution >= 0.6 is 31.9 Å². The highest BCUT2D eigenvalue weighted by Gasteiger charge is 2.33. The fourth-order valence-electron chi connectivity index (χ4n) is 2.80. The van der Waals surface area contributed by atoms with Crippen molar-refractivity contribution in [3.63, 3.8) is 0 Å². The lowest BCUT2D eigenvalue weighted by Crippen LogP contribution is -2.55. The van der Waals surface area contributed by atoms with Gasteiger partial charge >= 0.3 is 0 Å². The van der Waals surface area contributed by atoms with Crippen LogP contribution in [0.2, 0.25) is 0 Å². The number of amides is 1. The standard InChI is InChI=1S/C16H22Br2N2O3S/c1-16(2,15(21)19-10-11-5-3-4-6-11)20-24(22,23)14-8-12(17)7-13(18)9-14/h7-9,11,20H,3-6,10H2,1-2H3,(H,19,21). The Kier molecular flexibility index (Phi) is 6.50. The van der Waals surface area contributed by atoms with Gasteiger partial charge in [-0.15, -0.1) is 0 Å². The number of carbonyl (C=O) groups excluding carboxylic acids is 1. The number of benzene rings is 1. The van der Waals surface area contributed by atoms with Crippen molar-refractivity contribution < 1.29 is 13.2 Å². The third-order valence-electron chi connectivity index (χ3n) is 4.13. The average molecular weight is 482 g/mol. The van der Waals surface area contributed by atoms with Gasteiger partial charge in [-0.25, -0.2) is 8.42 Å². The lowest BCUT2D eigenvalue weighted by molar-refractivity contribution is -0.125. The summed E-state index contributed by atoms with van der Waals surface area (Å²) in [6.07, 6.45) is 4.65. The maximum absolute atomic E-state index is 12.6. The zero-order valence-electron chi connectivity index (χ0n) is 13.7. The fraction of sp³-hybridized carbons (Fsp3) is 0.562. The van der Waals surface area contributed by atoms with Crippen molar-refractivity contribution >= 4 is 47.8 Å². The van der Waals surface area contributed by atoms with Gasteiger partial charge in [-0.1, -0.05) is 44.7 Å². The second-order valence-electron chi connectivity index (χ2n) is 6.70. The Bertz CT molecular complexity index is 694.